The van der Waals surface area contributed by atoms with E-state index in [1.54, 1.807) is 30.7 Å². The van der Waals surface area contributed by atoms with E-state index >= 15 is 0 Å². The second-order valence-electron chi connectivity index (χ2n) is 6.31. The zero-order chi connectivity index (χ0) is 19.8. The van der Waals surface area contributed by atoms with Crippen LogP contribution in [0.5, 0.6) is 0 Å². The van der Waals surface area contributed by atoms with Crippen molar-refractivity contribution in [2.24, 2.45) is 0 Å². The number of hydrogen-bond acceptors (Lipinski definition) is 8. The molecule has 29 heavy (non-hydrogen) atoms. The molecule has 0 amide bonds. The third kappa shape index (κ3) is 3.59. The van der Waals surface area contributed by atoms with Crippen LogP contribution in [-0.4, -0.2) is 23.4 Å². The van der Waals surface area contributed by atoms with Gasteiger partial charge in [-0.25, -0.2) is 18.4 Å². The molecule has 144 valence electrons. The van der Waals surface area contributed by atoms with Crippen molar-refractivity contribution >= 4 is 42.7 Å². The maximum atomic E-state index is 12.9. The minimum Gasteiger partial charge on any atom is -0.443 e. The van der Waals surface area contributed by atoms with Gasteiger partial charge in [0.1, 0.15) is 9.22 Å². The normalized spacial score (nSPS) is 11.9. The highest BCUT2D eigenvalue weighted by Gasteiger charge is 2.20. The Morgan fingerprint density at radius 2 is 1.93 bits per heavy atom. The highest BCUT2D eigenvalue weighted by atomic mass is 32.2. The zero-order valence-corrected chi connectivity index (χ0v) is 17.3. The highest BCUT2D eigenvalue weighted by Crippen LogP contribution is 2.33. The fourth-order valence-electron chi connectivity index (χ4n) is 2.95. The molecule has 4 heterocycles. The van der Waals surface area contributed by atoms with Gasteiger partial charge in [-0.15, -0.1) is 22.7 Å². The van der Waals surface area contributed by atoms with E-state index in [4.69, 9.17) is 4.42 Å². The number of rotatable bonds is 5. The largest absolute Gasteiger partial charge is 0.443 e. The van der Waals surface area contributed by atoms with E-state index in [0.29, 0.717) is 9.97 Å². The van der Waals surface area contributed by atoms with E-state index in [9.17, 15) is 8.42 Å². The maximum Gasteiger partial charge on any atom is 0.191 e. The quantitative estimate of drug-likeness (QED) is 0.381. The molecule has 0 unspecified atom stereocenters. The van der Waals surface area contributed by atoms with Gasteiger partial charge in [0.05, 0.1) is 27.0 Å². The summed E-state index contributed by atoms with van der Waals surface area (Å²) in [6, 6.07) is 12.7. The summed E-state index contributed by atoms with van der Waals surface area (Å²) in [5, 5.41) is 0.843. The lowest BCUT2D eigenvalue weighted by Gasteiger charge is -2.04. The molecule has 0 aliphatic heterocycles. The van der Waals surface area contributed by atoms with Crippen molar-refractivity contribution in [1.82, 2.24) is 15.0 Å². The molecule has 5 aromatic rings. The molecule has 0 radical (unpaired) electrons. The first-order valence-electron chi connectivity index (χ1n) is 8.60. The van der Waals surface area contributed by atoms with Gasteiger partial charge >= 0.3 is 0 Å². The SMILES string of the molecule is O=S(=O)(Cc1cccc(-c2nc3ccncc3s2)c1)c1ccc(-c2cnco2)s1. The number of benzene rings is 1. The number of thiophene rings is 1. The minimum absolute atomic E-state index is 0.0797. The second-order valence-corrected chi connectivity index (χ2v) is 10.6. The van der Waals surface area contributed by atoms with Crippen molar-refractivity contribution in [2.75, 3.05) is 0 Å². The second kappa shape index (κ2) is 7.18. The fourth-order valence-corrected chi connectivity index (χ4v) is 6.55. The summed E-state index contributed by atoms with van der Waals surface area (Å²) in [4.78, 5) is 13.4. The van der Waals surface area contributed by atoms with E-state index in [1.165, 1.54) is 29.1 Å². The minimum atomic E-state index is -3.48. The molecular weight excluding hydrogens is 426 g/mol. The third-order valence-electron chi connectivity index (χ3n) is 4.28. The van der Waals surface area contributed by atoms with E-state index in [2.05, 4.69) is 15.0 Å². The summed E-state index contributed by atoms with van der Waals surface area (Å²) in [5.74, 6) is 0.479. The molecule has 6 nitrogen and oxygen atoms in total. The summed E-state index contributed by atoms with van der Waals surface area (Å²) < 4.78 is 32.4. The predicted octanol–water partition coefficient (Wildman–Crippen LogP) is 5.05. The van der Waals surface area contributed by atoms with Crippen LogP contribution < -0.4 is 0 Å². The Morgan fingerprint density at radius 3 is 2.76 bits per heavy atom. The van der Waals surface area contributed by atoms with Gasteiger partial charge < -0.3 is 4.42 Å². The average Bonchev–Trinajstić information content (AvgIpc) is 3.47. The lowest BCUT2D eigenvalue weighted by molar-refractivity contribution is 0.573. The van der Waals surface area contributed by atoms with Crippen molar-refractivity contribution in [3.8, 4) is 21.2 Å². The molecule has 9 heteroatoms. The lowest BCUT2D eigenvalue weighted by atomic mass is 10.1. The molecule has 0 atom stereocenters. The standard InChI is InChI=1S/C20H13N3O3S3/c24-29(25,19-5-4-17(27-19)16-9-22-12-26-16)11-13-2-1-3-14(8-13)20-23-15-6-7-21-10-18(15)28-20/h1-10,12H,11H2. The first kappa shape index (κ1) is 18.2. The molecule has 0 saturated carbocycles. The lowest BCUT2D eigenvalue weighted by Crippen LogP contribution is -2.03. The van der Waals surface area contributed by atoms with Crippen LogP contribution in [0.1, 0.15) is 5.56 Å². The van der Waals surface area contributed by atoms with Crippen LogP contribution in [0.25, 0.3) is 31.4 Å². The Kier molecular flexibility index (Phi) is 4.50. The fraction of sp³-hybridized carbons (Fsp3) is 0.0500. The Balaban J connectivity index is 1.43. The number of oxazole rings is 1. The first-order chi connectivity index (χ1) is 14.1. The number of aromatic nitrogens is 3. The number of nitrogens with zero attached hydrogens (tertiary/aromatic N) is 3. The van der Waals surface area contributed by atoms with Crippen LogP contribution in [-0.2, 0) is 15.6 Å². The third-order valence-corrected chi connectivity index (χ3v) is 8.71. The smallest absolute Gasteiger partial charge is 0.191 e. The van der Waals surface area contributed by atoms with Crippen molar-refractivity contribution in [1.29, 1.82) is 0 Å². The molecular formula is C20H13N3O3S3. The van der Waals surface area contributed by atoms with E-state index in [-0.39, 0.29) is 5.75 Å². The Morgan fingerprint density at radius 1 is 1.00 bits per heavy atom. The summed E-state index contributed by atoms with van der Waals surface area (Å²) in [5.41, 5.74) is 2.50. The molecule has 0 aliphatic carbocycles. The van der Waals surface area contributed by atoms with Crippen LogP contribution in [0.3, 0.4) is 0 Å². The predicted molar refractivity (Wildman–Crippen MR) is 114 cm³/mol. The Bertz CT molecular complexity index is 1370. The van der Waals surface area contributed by atoms with Crippen molar-refractivity contribution < 1.29 is 12.8 Å². The van der Waals surface area contributed by atoms with Crippen LogP contribution in [0.2, 0.25) is 0 Å². The van der Waals surface area contributed by atoms with Gasteiger partial charge in [-0.3, -0.25) is 4.98 Å². The van der Waals surface area contributed by atoms with Crippen LogP contribution in [0.15, 0.2) is 76.1 Å². The van der Waals surface area contributed by atoms with Crippen LogP contribution in [0, 0.1) is 0 Å². The summed E-state index contributed by atoms with van der Waals surface area (Å²) in [6.07, 6.45) is 6.39. The first-order valence-corrected chi connectivity index (χ1v) is 11.9. The molecule has 0 N–H and O–H groups in total. The monoisotopic (exact) mass is 439 g/mol. The zero-order valence-electron chi connectivity index (χ0n) is 14.8. The van der Waals surface area contributed by atoms with E-state index in [0.717, 1.165) is 31.2 Å². The van der Waals surface area contributed by atoms with Gasteiger partial charge in [-0.2, -0.15) is 0 Å². The molecule has 5 rings (SSSR count). The van der Waals surface area contributed by atoms with E-state index in [1.807, 2.05) is 30.3 Å². The van der Waals surface area contributed by atoms with Crippen LogP contribution in [0.4, 0.5) is 0 Å². The van der Waals surface area contributed by atoms with E-state index < -0.39 is 9.84 Å². The number of pyridine rings is 1. The molecule has 0 bridgehead atoms. The van der Waals surface area contributed by atoms with Gasteiger partial charge in [-0.1, -0.05) is 18.2 Å². The van der Waals surface area contributed by atoms with Gasteiger partial charge in [0.25, 0.3) is 0 Å². The number of fused-ring (bicyclic) bond motifs is 1. The van der Waals surface area contributed by atoms with Gasteiger partial charge in [0.15, 0.2) is 22.0 Å². The van der Waals surface area contributed by atoms with Gasteiger partial charge in [0, 0.05) is 18.0 Å². The van der Waals surface area contributed by atoms with Crippen molar-refractivity contribution in [3.63, 3.8) is 0 Å². The summed E-state index contributed by atoms with van der Waals surface area (Å²) in [7, 11) is -3.48. The number of hydrogen-bond donors (Lipinski definition) is 0. The Labute approximate surface area is 174 Å². The van der Waals surface area contributed by atoms with Gasteiger partial charge in [0.2, 0.25) is 0 Å². The number of sulfone groups is 1. The molecule has 0 saturated heterocycles. The van der Waals surface area contributed by atoms with Crippen molar-refractivity contribution in [2.45, 2.75) is 9.96 Å². The number of thiazole rings is 1. The van der Waals surface area contributed by atoms with Crippen LogP contribution >= 0.6 is 22.7 Å². The van der Waals surface area contributed by atoms with Gasteiger partial charge in [-0.05, 0) is 29.8 Å². The van der Waals surface area contributed by atoms with Crippen molar-refractivity contribution in [3.05, 3.63) is 73.0 Å². The Hall–Kier alpha value is -2.88. The molecule has 0 spiro atoms. The highest BCUT2D eigenvalue weighted by molar-refractivity contribution is 7.92. The maximum absolute atomic E-state index is 12.9. The molecule has 0 fully saturated rings. The summed E-state index contributed by atoms with van der Waals surface area (Å²) in [6.45, 7) is 0. The summed E-state index contributed by atoms with van der Waals surface area (Å²) >= 11 is 2.72. The topological polar surface area (TPSA) is 86.0 Å². The molecule has 4 aromatic heterocycles. The molecule has 1 aromatic carbocycles. The average molecular weight is 440 g/mol. The molecule has 0 aliphatic rings.